The summed E-state index contributed by atoms with van der Waals surface area (Å²) in [6, 6.07) is 4.69. The van der Waals surface area contributed by atoms with Gasteiger partial charge in [0.05, 0.1) is 13.2 Å². The third-order valence-corrected chi connectivity index (χ3v) is 6.24. The molecule has 2 fully saturated rings. The monoisotopic (exact) mass is 464 g/mol. The summed E-state index contributed by atoms with van der Waals surface area (Å²) in [6.45, 7) is 0.426. The predicted molar refractivity (Wildman–Crippen MR) is 105 cm³/mol. The molecular formula is C19H28O11S. The van der Waals surface area contributed by atoms with Crippen molar-refractivity contribution in [2.24, 2.45) is 0 Å². The van der Waals surface area contributed by atoms with E-state index in [9.17, 15) is 40.9 Å². The fourth-order valence-electron chi connectivity index (χ4n) is 3.77. The molecule has 2 aliphatic heterocycles. The molecule has 176 valence electrons. The van der Waals surface area contributed by atoms with Gasteiger partial charge in [-0.2, -0.15) is 0 Å². The molecule has 12 heteroatoms. The van der Waals surface area contributed by atoms with E-state index >= 15 is 0 Å². The molecule has 10 atom stereocenters. The van der Waals surface area contributed by atoms with Gasteiger partial charge in [0, 0.05) is 10.5 Å². The number of benzene rings is 1. The average molecular weight is 464 g/mol. The SMILES string of the molecule is Cc1c(S)cccc1[C@@]1(O)O[C@H](CO[C@H]2O[C@H](CO)[C@@H](O)[C@H](O)[C@H]2O)[C@@H](O)[C@H](O)[C@H]1O. The highest BCUT2D eigenvalue weighted by molar-refractivity contribution is 7.80. The van der Waals surface area contributed by atoms with Crippen LogP contribution in [0, 0.1) is 6.92 Å². The molecule has 0 spiro atoms. The number of ether oxygens (including phenoxy) is 3. The Labute approximate surface area is 183 Å². The van der Waals surface area contributed by atoms with Crippen LogP contribution < -0.4 is 0 Å². The molecule has 0 amide bonds. The molecule has 2 aliphatic rings. The maximum absolute atomic E-state index is 11.1. The van der Waals surface area contributed by atoms with Crippen molar-refractivity contribution < 1.29 is 55.1 Å². The molecule has 0 aromatic heterocycles. The van der Waals surface area contributed by atoms with Gasteiger partial charge in [0.2, 0.25) is 5.79 Å². The topological polar surface area (TPSA) is 190 Å². The van der Waals surface area contributed by atoms with Crippen LogP contribution in [0.2, 0.25) is 0 Å². The van der Waals surface area contributed by atoms with Gasteiger partial charge >= 0.3 is 0 Å². The summed E-state index contributed by atoms with van der Waals surface area (Å²) in [6.07, 6.45) is -14.4. The quantitative estimate of drug-likeness (QED) is 0.199. The van der Waals surface area contributed by atoms with Crippen molar-refractivity contribution >= 4 is 12.6 Å². The van der Waals surface area contributed by atoms with Crippen molar-refractivity contribution in [1.82, 2.24) is 0 Å². The molecule has 0 unspecified atom stereocenters. The highest BCUT2D eigenvalue weighted by atomic mass is 32.1. The summed E-state index contributed by atoms with van der Waals surface area (Å²) in [5.74, 6) is -2.41. The van der Waals surface area contributed by atoms with Crippen LogP contribution in [-0.2, 0) is 20.0 Å². The molecule has 8 N–H and O–H groups in total. The van der Waals surface area contributed by atoms with E-state index in [0.29, 0.717) is 10.5 Å². The second-order valence-electron chi connectivity index (χ2n) is 7.76. The Morgan fingerprint density at radius 1 is 0.968 bits per heavy atom. The van der Waals surface area contributed by atoms with E-state index < -0.39 is 74.1 Å². The Balaban J connectivity index is 1.79. The zero-order valence-electron chi connectivity index (χ0n) is 16.6. The summed E-state index contributed by atoms with van der Waals surface area (Å²) in [5, 5.41) is 81.2. The van der Waals surface area contributed by atoms with Crippen molar-refractivity contribution in [3.8, 4) is 0 Å². The lowest BCUT2D eigenvalue weighted by atomic mass is 9.86. The molecule has 2 saturated heterocycles. The van der Waals surface area contributed by atoms with E-state index in [1.54, 1.807) is 19.1 Å². The van der Waals surface area contributed by atoms with Gasteiger partial charge in [-0.25, -0.2) is 0 Å². The maximum atomic E-state index is 11.1. The maximum Gasteiger partial charge on any atom is 0.222 e. The first kappa shape index (κ1) is 24.8. The van der Waals surface area contributed by atoms with Crippen molar-refractivity contribution in [2.75, 3.05) is 13.2 Å². The molecule has 1 aromatic rings. The van der Waals surface area contributed by atoms with Gasteiger partial charge < -0.3 is 55.1 Å². The minimum atomic E-state index is -2.41. The lowest BCUT2D eigenvalue weighted by Gasteiger charge is -2.47. The number of rotatable bonds is 5. The third kappa shape index (κ3) is 4.49. The Morgan fingerprint density at radius 3 is 2.26 bits per heavy atom. The first-order chi connectivity index (χ1) is 14.5. The largest absolute Gasteiger partial charge is 0.394 e. The third-order valence-electron chi connectivity index (χ3n) is 5.75. The van der Waals surface area contributed by atoms with Gasteiger partial charge in [-0.05, 0) is 18.6 Å². The first-order valence-corrected chi connectivity index (χ1v) is 10.1. The van der Waals surface area contributed by atoms with Crippen LogP contribution >= 0.6 is 12.6 Å². The average Bonchev–Trinajstić information content (AvgIpc) is 2.75. The zero-order valence-corrected chi connectivity index (χ0v) is 17.5. The van der Waals surface area contributed by atoms with Gasteiger partial charge in [0.1, 0.15) is 48.8 Å². The van der Waals surface area contributed by atoms with E-state index in [0.717, 1.165) is 0 Å². The predicted octanol–water partition coefficient (Wildman–Crippen LogP) is -3.27. The zero-order chi connectivity index (χ0) is 23.1. The Hall–Kier alpha value is -0.870. The Bertz CT molecular complexity index is 764. The van der Waals surface area contributed by atoms with Crippen molar-refractivity contribution in [3.63, 3.8) is 0 Å². The molecule has 0 aliphatic carbocycles. The smallest absolute Gasteiger partial charge is 0.222 e. The van der Waals surface area contributed by atoms with E-state index in [1.165, 1.54) is 6.07 Å². The van der Waals surface area contributed by atoms with Gasteiger partial charge in [-0.1, -0.05) is 12.1 Å². The fraction of sp³-hybridized carbons (Fsp3) is 0.684. The lowest BCUT2D eigenvalue weighted by molar-refractivity contribution is -0.369. The van der Waals surface area contributed by atoms with Crippen molar-refractivity contribution in [3.05, 3.63) is 29.3 Å². The summed E-state index contributed by atoms with van der Waals surface area (Å²) in [5.41, 5.74) is 0.598. The summed E-state index contributed by atoms with van der Waals surface area (Å²) in [4.78, 5) is 0.497. The Morgan fingerprint density at radius 2 is 1.61 bits per heavy atom. The van der Waals surface area contributed by atoms with Crippen molar-refractivity contribution in [2.45, 2.75) is 72.7 Å². The van der Waals surface area contributed by atoms with Crippen LogP contribution in [-0.4, -0.2) is 109 Å². The molecule has 0 radical (unpaired) electrons. The van der Waals surface area contributed by atoms with E-state index in [1.807, 2.05) is 0 Å². The summed E-state index contributed by atoms with van der Waals surface area (Å²) < 4.78 is 16.1. The molecule has 11 nitrogen and oxygen atoms in total. The number of aliphatic hydroxyl groups excluding tert-OH is 7. The van der Waals surface area contributed by atoms with Crippen molar-refractivity contribution in [1.29, 1.82) is 0 Å². The molecule has 3 rings (SSSR count). The molecule has 0 saturated carbocycles. The van der Waals surface area contributed by atoms with Crippen LogP contribution in [0.5, 0.6) is 0 Å². The first-order valence-electron chi connectivity index (χ1n) is 9.68. The number of hydrogen-bond donors (Lipinski definition) is 9. The van der Waals surface area contributed by atoms with Gasteiger partial charge in [-0.15, -0.1) is 12.6 Å². The second-order valence-corrected chi connectivity index (χ2v) is 8.24. The highest BCUT2D eigenvalue weighted by Crippen LogP contribution is 2.39. The lowest BCUT2D eigenvalue weighted by Crippen LogP contribution is -2.64. The summed E-state index contributed by atoms with van der Waals surface area (Å²) >= 11 is 4.28. The molecule has 2 heterocycles. The molecule has 0 bridgehead atoms. The van der Waals surface area contributed by atoms with Gasteiger partial charge in [-0.3, -0.25) is 0 Å². The summed E-state index contributed by atoms with van der Waals surface area (Å²) in [7, 11) is 0. The normalized spacial score (nSPS) is 43.7. The minimum absolute atomic E-state index is 0.122. The molecule has 31 heavy (non-hydrogen) atoms. The van der Waals surface area contributed by atoms with E-state index in [4.69, 9.17) is 14.2 Å². The van der Waals surface area contributed by atoms with Crippen LogP contribution in [0.15, 0.2) is 23.1 Å². The number of aliphatic hydroxyl groups is 8. The van der Waals surface area contributed by atoms with Gasteiger partial charge in [0.25, 0.3) is 0 Å². The molecule has 1 aromatic carbocycles. The molecular weight excluding hydrogens is 436 g/mol. The van der Waals surface area contributed by atoms with Crippen LogP contribution in [0.3, 0.4) is 0 Å². The number of thiol groups is 1. The van der Waals surface area contributed by atoms with E-state index in [2.05, 4.69) is 12.6 Å². The standard InChI is InChI=1S/C19H28O11S/c1-7-8(3-2-4-11(7)31)19(27)17(26)15(24)13(22)10(30-19)6-28-18-16(25)14(23)12(21)9(5-20)29-18/h2-4,9-10,12-18,20-27,31H,5-6H2,1H3/t9-,10-,12-,13-,14+,15+,16-,17-,18+,19-/m1/s1. The number of hydrogen-bond acceptors (Lipinski definition) is 12. The Kier molecular flexibility index (Phi) is 7.63. The van der Waals surface area contributed by atoms with E-state index in [-0.39, 0.29) is 5.56 Å². The minimum Gasteiger partial charge on any atom is -0.394 e. The fourth-order valence-corrected chi connectivity index (χ4v) is 3.98. The van der Waals surface area contributed by atoms with Gasteiger partial charge in [0.15, 0.2) is 6.29 Å². The highest BCUT2D eigenvalue weighted by Gasteiger charge is 2.55. The van der Waals surface area contributed by atoms with Crippen LogP contribution in [0.25, 0.3) is 0 Å². The second kappa shape index (κ2) is 9.55. The van der Waals surface area contributed by atoms with Crippen LogP contribution in [0.4, 0.5) is 0 Å². The van der Waals surface area contributed by atoms with Crippen LogP contribution in [0.1, 0.15) is 11.1 Å².